The Morgan fingerprint density at radius 2 is 2.00 bits per heavy atom. The van der Waals surface area contributed by atoms with Gasteiger partial charge in [-0.2, -0.15) is 0 Å². The van der Waals surface area contributed by atoms with Crippen molar-refractivity contribution in [2.75, 3.05) is 6.61 Å². The summed E-state index contributed by atoms with van der Waals surface area (Å²) in [5.74, 6) is -0.0380. The molecule has 2 aliphatic heterocycles. The Bertz CT molecular complexity index is 189. The van der Waals surface area contributed by atoms with Crippen LogP contribution in [-0.4, -0.2) is 24.8 Å². The van der Waals surface area contributed by atoms with Gasteiger partial charge in [-0.25, -0.2) is 0 Å². The molecule has 0 radical (unpaired) electrons. The van der Waals surface area contributed by atoms with Crippen LogP contribution in [0.2, 0.25) is 0 Å². The SMILES string of the molecule is O=C1CC(CCCC2CCCCO2)O1. The van der Waals surface area contributed by atoms with Crippen LogP contribution in [0.5, 0.6) is 0 Å². The quantitative estimate of drug-likeness (QED) is 0.648. The molecule has 0 aliphatic carbocycles. The summed E-state index contributed by atoms with van der Waals surface area (Å²) >= 11 is 0. The largest absolute Gasteiger partial charge is 0.462 e. The average molecular weight is 198 g/mol. The molecule has 2 atom stereocenters. The summed E-state index contributed by atoms with van der Waals surface area (Å²) < 4.78 is 10.6. The third-order valence-corrected chi connectivity index (χ3v) is 3.02. The van der Waals surface area contributed by atoms with E-state index in [0.717, 1.165) is 25.9 Å². The molecule has 14 heavy (non-hydrogen) atoms. The molecule has 2 fully saturated rings. The molecule has 2 heterocycles. The Hall–Kier alpha value is -0.570. The van der Waals surface area contributed by atoms with Gasteiger partial charge in [0, 0.05) is 6.61 Å². The predicted molar refractivity (Wildman–Crippen MR) is 51.9 cm³/mol. The fourth-order valence-electron chi connectivity index (χ4n) is 2.13. The molecule has 0 aromatic carbocycles. The maximum Gasteiger partial charge on any atom is 0.309 e. The van der Waals surface area contributed by atoms with Crippen molar-refractivity contribution < 1.29 is 14.3 Å². The first-order chi connectivity index (χ1) is 6.84. The molecule has 0 amide bonds. The van der Waals surface area contributed by atoms with Crippen LogP contribution >= 0.6 is 0 Å². The molecule has 2 unspecified atom stereocenters. The molecule has 0 aromatic heterocycles. The summed E-state index contributed by atoms with van der Waals surface area (Å²) in [5, 5.41) is 0. The van der Waals surface area contributed by atoms with Crippen molar-refractivity contribution in [3.05, 3.63) is 0 Å². The van der Waals surface area contributed by atoms with Gasteiger partial charge in [-0.05, 0) is 38.5 Å². The Balaban J connectivity index is 1.51. The minimum atomic E-state index is -0.0380. The highest BCUT2D eigenvalue weighted by atomic mass is 16.6. The molecular formula is C11H18O3. The Labute approximate surface area is 84.8 Å². The molecule has 80 valence electrons. The lowest BCUT2D eigenvalue weighted by atomic mass is 10.00. The van der Waals surface area contributed by atoms with Crippen LogP contribution in [0.4, 0.5) is 0 Å². The number of cyclic esters (lactones) is 1. The lowest BCUT2D eigenvalue weighted by Crippen LogP contribution is -2.32. The van der Waals surface area contributed by atoms with Gasteiger partial charge in [0.25, 0.3) is 0 Å². The van der Waals surface area contributed by atoms with Crippen LogP contribution in [0, 0.1) is 0 Å². The maximum absolute atomic E-state index is 10.5. The summed E-state index contributed by atoms with van der Waals surface area (Å²) in [4.78, 5) is 10.5. The van der Waals surface area contributed by atoms with E-state index in [4.69, 9.17) is 9.47 Å². The van der Waals surface area contributed by atoms with E-state index in [-0.39, 0.29) is 12.1 Å². The first-order valence-electron chi connectivity index (χ1n) is 5.65. The van der Waals surface area contributed by atoms with Gasteiger partial charge in [0.05, 0.1) is 12.5 Å². The third kappa shape index (κ3) is 2.71. The van der Waals surface area contributed by atoms with Gasteiger partial charge in [-0.1, -0.05) is 0 Å². The van der Waals surface area contributed by atoms with Crippen LogP contribution in [-0.2, 0) is 14.3 Å². The molecule has 0 saturated carbocycles. The zero-order valence-corrected chi connectivity index (χ0v) is 8.54. The topological polar surface area (TPSA) is 35.5 Å². The van der Waals surface area contributed by atoms with E-state index in [1.807, 2.05) is 0 Å². The number of rotatable bonds is 4. The van der Waals surface area contributed by atoms with Crippen LogP contribution in [0.25, 0.3) is 0 Å². The number of ether oxygens (including phenoxy) is 2. The van der Waals surface area contributed by atoms with E-state index in [2.05, 4.69) is 0 Å². The fourth-order valence-corrected chi connectivity index (χ4v) is 2.13. The summed E-state index contributed by atoms with van der Waals surface area (Å²) in [6.45, 7) is 0.934. The first kappa shape index (κ1) is 9.97. The lowest BCUT2D eigenvalue weighted by molar-refractivity contribution is -0.170. The molecule has 0 bridgehead atoms. The normalized spacial score (nSPS) is 32.1. The number of esters is 1. The van der Waals surface area contributed by atoms with E-state index >= 15 is 0 Å². The van der Waals surface area contributed by atoms with Crippen LogP contribution in [0.15, 0.2) is 0 Å². The molecule has 0 N–H and O–H groups in total. The van der Waals surface area contributed by atoms with Crippen LogP contribution < -0.4 is 0 Å². The van der Waals surface area contributed by atoms with Gasteiger partial charge in [-0.3, -0.25) is 4.79 Å². The van der Waals surface area contributed by atoms with Crippen molar-refractivity contribution >= 4 is 5.97 Å². The first-order valence-corrected chi connectivity index (χ1v) is 5.65. The Morgan fingerprint density at radius 1 is 1.21 bits per heavy atom. The Morgan fingerprint density at radius 3 is 2.64 bits per heavy atom. The zero-order valence-electron chi connectivity index (χ0n) is 8.54. The number of carbonyl (C=O) groups excluding carboxylic acids is 1. The third-order valence-electron chi connectivity index (χ3n) is 3.02. The highest BCUT2D eigenvalue weighted by Crippen LogP contribution is 2.22. The Kier molecular flexibility index (Phi) is 3.40. The summed E-state index contributed by atoms with van der Waals surface area (Å²) in [5.41, 5.74) is 0. The number of hydrogen-bond acceptors (Lipinski definition) is 3. The zero-order chi connectivity index (χ0) is 9.80. The lowest BCUT2D eigenvalue weighted by Gasteiger charge is -2.27. The van der Waals surface area contributed by atoms with Gasteiger partial charge in [-0.15, -0.1) is 0 Å². The monoisotopic (exact) mass is 198 g/mol. The highest BCUT2D eigenvalue weighted by molar-refractivity contribution is 5.75. The summed E-state index contributed by atoms with van der Waals surface area (Å²) in [6.07, 6.45) is 8.34. The van der Waals surface area contributed by atoms with Crippen molar-refractivity contribution in [3.63, 3.8) is 0 Å². The van der Waals surface area contributed by atoms with E-state index in [0.29, 0.717) is 12.5 Å². The second-order valence-electron chi connectivity index (χ2n) is 4.24. The molecule has 2 saturated heterocycles. The van der Waals surface area contributed by atoms with Gasteiger partial charge < -0.3 is 9.47 Å². The second kappa shape index (κ2) is 4.78. The molecule has 2 aliphatic rings. The van der Waals surface area contributed by atoms with Gasteiger partial charge in [0.2, 0.25) is 0 Å². The van der Waals surface area contributed by atoms with E-state index < -0.39 is 0 Å². The fraction of sp³-hybridized carbons (Fsp3) is 0.909. The van der Waals surface area contributed by atoms with Crippen LogP contribution in [0.1, 0.15) is 44.9 Å². The van der Waals surface area contributed by atoms with Gasteiger partial charge >= 0.3 is 5.97 Å². The minimum Gasteiger partial charge on any atom is -0.462 e. The molecule has 3 heteroatoms. The summed E-state index contributed by atoms with van der Waals surface area (Å²) in [6, 6.07) is 0. The van der Waals surface area contributed by atoms with E-state index in [1.165, 1.54) is 19.3 Å². The second-order valence-corrected chi connectivity index (χ2v) is 4.24. The smallest absolute Gasteiger partial charge is 0.309 e. The molecule has 3 nitrogen and oxygen atoms in total. The van der Waals surface area contributed by atoms with Crippen molar-refractivity contribution in [2.45, 2.75) is 57.2 Å². The summed E-state index contributed by atoms with van der Waals surface area (Å²) in [7, 11) is 0. The molecule has 0 spiro atoms. The van der Waals surface area contributed by atoms with Gasteiger partial charge in [0.15, 0.2) is 0 Å². The van der Waals surface area contributed by atoms with Gasteiger partial charge in [0.1, 0.15) is 6.10 Å². The van der Waals surface area contributed by atoms with E-state index in [1.54, 1.807) is 0 Å². The van der Waals surface area contributed by atoms with Crippen molar-refractivity contribution in [1.82, 2.24) is 0 Å². The molecule has 2 rings (SSSR count). The highest BCUT2D eigenvalue weighted by Gasteiger charge is 2.27. The minimum absolute atomic E-state index is 0.0380. The average Bonchev–Trinajstić information content (AvgIpc) is 2.17. The van der Waals surface area contributed by atoms with Crippen molar-refractivity contribution in [1.29, 1.82) is 0 Å². The number of hydrogen-bond donors (Lipinski definition) is 0. The molecular weight excluding hydrogens is 180 g/mol. The molecule has 0 aromatic rings. The van der Waals surface area contributed by atoms with Crippen molar-refractivity contribution in [2.24, 2.45) is 0 Å². The van der Waals surface area contributed by atoms with E-state index in [9.17, 15) is 4.79 Å². The standard InChI is InChI=1S/C11H18O3/c12-11-8-10(14-11)6-3-5-9-4-1-2-7-13-9/h9-10H,1-8H2. The maximum atomic E-state index is 10.5. The van der Waals surface area contributed by atoms with Crippen LogP contribution in [0.3, 0.4) is 0 Å². The number of carbonyl (C=O) groups is 1. The predicted octanol–water partition coefficient (Wildman–Crippen LogP) is 2.04. The van der Waals surface area contributed by atoms with Crippen molar-refractivity contribution in [3.8, 4) is 0 Å².